The molecule has 0 spiro atoms. The van der Waals surface area contributed by atoms with Gasteiger partial charge in [0.25, 0.3) is 0 Å². The summed E-state index contributed by atoms with van der Waals surface area (Å²) >= 11 is 12.5. The molecule has 0 atom stereocenters. The minimum Gasteiger partial charge on any atom is -0.366 e. The van der Waals surface area contributed by atoms with Gasteiger partial charge in [-0.1, -0.05) is 47.5 Å². The van der Waals surface area contributed by atoms with Crippen LogP contribution in [-0.4, -0.2) is 10.5 Å². The minimum atomic E-state index is -0.515. The first kappa shape index (κ1) is 20.6. The lowest BCUT2D eigenvalue weighted by Crippen LogP contribution is -2.11. The number of nitrogens with two attached hydrogens (primary N) is 1. The Hall–Kier alpha value is -3.34. The van der Waals surface area contributed by atoms with Crippen LogP contribution in [0.4, 0.5) is 4.39 Å². The van der Waals surface area contributed by atoms with Crippen molar-refractivity contribution in [2.45, 2.75) is 6.54 Å². The lowest BCUT2D eigenvalue weighted by molar-refractivity contribution is 0.100. The van der Waals surface area contributed by atoms with Gasteiger partial charge in [0.2, 0.25) is 5.91 Å². The summed E-state index contributed by atoms with van der Waals surface area (Å²) in [6.45, 7) is 0.408. The predicted octanol–water partition coefficient (Wildman–Crippen LogP) is 6.85. The number of aromatic nitrogens is 1. The summed E-state index contributed by atoms with van der Waals surface area (Å²) in [5.41, 5.74) is 10.2. The largest absolute Gasteiger partial charge is 0.366 e. The van der Waals surface area contributed by atoms with Crippen molar-refractivity contribution in [3.05, 3.63) is 106 Å². The van der Waals surface area contributed by atoms with Gasteiger partial charge in [-0.2, -0.15) is 0 Å². The number of halogens is 3. The average Bonchev–Trinajstić information content (AvgIpc) is 3.07. The SMILES string of the molecule is NC(=O)c1cccc2c1c1[c]cc(-c3ccc(Cl)cc3Cl)cc1n2Cc1cccc(F)c1. The standard InChI is InChI=1S/C26H16Cl2FN2O/c27-17-8-10-19(22(28)13-17)16-7-9-20-24(12-16)31(14-15-3-1-4-18(29)11-15)23-6-2-5-21(25(20)23)26(30)32/h1-8,10-13H,14H2,(H2,30,32). The van der Waals surface area contributed by atoms with Gasteiger partial charge in [-0.05, 0) is 65.7 Å². The van der Waals surface area contributed by atoms with Crippen molar-refractivity contribution in [1.82, 2.24) is 4.57 Å². The molecule has 1 aromatic heterocycles. The van der Waals surface area contributed by atoms with Gasteiger partial charge in [0.05, 0.1) is 11.0 Å². The van der Waals surface area contributed by atoms with Crippen molar-refractivity contribution in [2.75, 3.05) is 0 Å². The number of nitrogens with zero attached hydrogens (tertiary/aromatic N) is 1. The van der Waals surface area contributed by atoms with E-state index < -0.39 is 5.91 Å². The number of benzene rings is 4. The average molecular weight is 462 g/mol. The van der Waals surface area contributed by atoms with Crippen LogP contribution >= 0.6 is 23.2 Å². The van der Waals surface area contributed by atoms with Crippen molar-refractivity contribution in [3.63, 3.8) is 0 Å². The smallest absolute Gasteiger partial charge is 0.249 e. The van der Waals surface area contributed by atoms with Gasteiger partial charge in [-0.3, -0.25) is 4.79 Å². The Labute approximate surface area is 193 Å². The number of hydrogen-bond donors (Lipinski definition) is 1. The molecule has 0 saturated heterocycles. The Morgan fingerprint density at radius 3 is 2.56 bits per heavy atom. The summed E-state index contributed by atoms with van der Waals surface area (Å²) in [5, 5.41) is 2.56. The normalized spacial score (nSPS) is 11.3. The maximum atomic E-state index is 13.9. The van der Waals surface area contributed by atoms with E-state index in [1.165, 1.54) is 12.1 Å². The van der Waals surface area contributed by atoms with Crippen LogP contribution in [0.25, 0.3) is 32.9 Å². The molecular weight excluding hydrogens is 446 g/mol. The second kappa shape index (κ2) is 7.97. The van der Waals surface area contributed by atoms with Crippen molar-refractivity contribution in [2.24, 2.45) is 5.73 Å². The number of amides is 1. The van der Waals surface area contributed by atoms with Gasteiger partial charge in [-0.25, -0.2) is 4.39 Å². The summed E-state index contributed by atoms with van der Waals surface area (Å²) in [6, 6.07) is 24.3. The summed E-state index contributed by atoms with van der Waals surface area (Å²) in [5.74, 6) is -0.820. The zero-order valence-corrected chi connectivity index (χ0v) is 18.2. The molecule has 0 bridgehead atoms. The number of carbonyl (C=O) groups excluding carboxylic acids is 1. The first-order valence-electron chi connectivity index (χ1n) is 9.88. The molecule has 0 unspecified atom stereocenters. The van der Waals surface area contributed by atoms with Crippen LogP contribution in [0, 0.1) is 11.9 Å². The predicted molar refractivity (Wildman–Crippen MR) is 128 cm³/mol. The molecule has 0 saturated carbocycles. The molecule has 0 aliphatic rings. The molecule has 0 fully saturated rings. The molecule has 1 heterocycles. The van der Waals surface area contributed by atoms with Crippen molar-refractivity contribution >= 4 is 50.9 Å². The maximum Gasteiger partial charge on any atom is 0.249 e. The highest BCUT2D eigenvalue weighted by Gasteiger charge is 2.18. The fourth-order valence-electron chi connectivity index (χ4n) is 4.13. The van der Waals surface area contributed by atoms with Crippen LogP contribution in [-0.2, 0) is 6.54 Å². The third-order valence-electron chi connectivity index (χ3n) is 5.53. The molecule has 0 aliphatic heterocycles. The zero-order chi connectivity index (χ0) is 22.4. The summed E-state index contributed by atoms with van der Waals surface area (Å²) < 4.78 is 15.9. The third kappa shape index (κ3) is 3.52. The van der Waals surface area contributed by atoms with E-state index in [-0.39, 0.29) is 5.82 Å². The van der Waals surface area contributed by atoms with E-state index in [0.717, 1.165) is 38.5 Å². The van der Waals surface area contributed by atoms with E-state index in [4.69, 9.17) is 28.9 Å². The molecule has 1 amide bonds. The Bertz CT molecular complexity index is 1520. The van der Waals surface area contributed by atoms with Crippen LogP contribution in [0.15, 0.2) is 72.8 Å². The van der Waals surface area contributed by atoms with Crippen LogP contribution < -0.4 is 5.73 Å². The van der Waals surface area contributed by atoms with Crippen LogP contribution in [0.1, 0.15) is 15.9 Å². The number of primary amides is 1. The molecule has 6 heteroatoms. The first-order chi connectivity index (χ1) is 15.4. The van der Waals surface area contributed by atoms with Crippen LogP contribution in [0.2, 0.25) is 10.0 Å². The third-order valence-corrected chi connectivity index (χ3v) is 6.08. The fourth-order valence-corrected chi connectivity index (χ4v) is 4.65. The molecule has 0 aliphatic carbocycles. The lowest BCUT2D eigenvalue weighted by Gasteiger charge is -2.10. The fraction of sp³-hybridized carbons (Fsp3) is 0.0385. The van der Waals surface area contributed by atoms with E-state index in [1.807, 2.05) is 34.9 Å². The number of carbonyl (C=O) groups is 1. The van der Waals surface area contributed by atoms with Crippen LogP contribution in [0.5, 0.6) is 0 Å². The highest BCUT2D eigenvalue weighted by molar-refractivity contribution is 6.36. The van der Waals surface area contributed by atoms with Gasteiger partial charge in [0.15, 0.2) is 0 Å². The topological polar surface area (TPSA) is 48.0 Å². The first-order valence-corrected chi connectivity index (χ1v) is 10.6. The van der Waals surface area contributed by atoms with E-state index in [1.54, 1.807) is 30.3 Å². The zero-order valence-electron chi connectivity index (χ0n) is 16.7. The van der Waals surface area contributed by atoms with Gasteiger partial charge in [0, 0.05) is 38.5 Å². The van der Waals surface area contributed by atoms with Crippen molar-refractivity contribution < 1.29 is 9.18 Å². The number of hydrogen-bond acceptors (Lipinski definition) is 1. The molecule has 32 heavy (non-hydrogen) atoms. The van der Waals surface area contributed by atoms with Gasteiger partial charge < -0.3 is 10.3 Å². The molecular formula is C26H16Cl2FN2O. The van der Waals surface area contributed by atoms with E-state index >= 15 is 0 Å². The van der Waals surface area contributed by atoms with Gasteiger partial charge >= 0.3 is 0 Å². The Balaban J connectivity index is 1.81. The number of fused-ring (bicyclic) bond motifs is 3. The highest BCUT2D eigenvalue weighted by atomic mass is 35.5. The van der Waals surface area contributed by atoms with E-state index in [9.17, 15) is 9.18 Å². The summed E-state index contributed by atoms with van der Waals surface area (Å²) in [4.78, 5) is 12.2. The minimum absolute atomic E-state index is 0.304. The summed E-state index contributed by atoms with van der Waals surface area (Å²) in [7, 11) is 0. The molecule has 4 aromatic carbocycles. The second-order valence-electron chi connectivity index (χ2n) is 7.55. The van der Waals surface area contributed by atoms with Crippen LogP contribution in [0.3, 0.4) is 0 Å². The molecule has 5 aromatic rings. The highest BCUT2D eigenvalue weighted by Crippen LogP contribution is 2.37. The second-order valence-corrected chi connectivity index (χ2v) is 8.40. The number of rotatable bonds is 4. The Morgan fingerprint density at radius 1 is 1.00 bits per heavy atom. The molecule has 3 nitrogen and oxygen atoms in total. The Morgan fingerprint density at radius 2 is 1.81 bits per heavy atom. The van der Waals surface area contributed by atoms with E-state index in [0.29, 0.717) is 22.2 Å². The van der Waals surface area contributed by atoms with Crippen molar-refractivity contribution in [3.8, 4) is 11.1 Å². The molecule has 2 N–H and O–H groups in total. The van der Waals surface area contributed by atoms with Gasteiger partial charge in [-0.15, -0.1) is 0 Å². The molecule has 157 valence electrons. The van der Waals surface area contributed by atoms with Crippen molar-refractivity contribution in [1.29, 1.82) is 0 Å². The molecule has 5 rings (SSSR count). The van der Waals surface area contributed by atoms with Gasteiger partial charge in [0.1, 0.15) is 5.82 Å². The monoisotopic (exact) mass is 461 g/mol. The lowest BCUT2D eigenvalue weighted by atomic mass is 10.0. The maximum absolute atomic E-state index is 13.9. The quantitative estimate of drug-likeness (QED) is 0.312. The Kier molecular flexibility index (Phi) is 5.12. The molecule has 1 radical (unpaired) electrons. The summed E-state index contributed by atoms with van der Waals surface area (Å²) in [6.07, 6.45) is 0. The van der Waals surface area contributed by atoms with E-state index in [2.05, 4.69) is 6.07 Å².